The number of aromatic nitrogens is 1. The normalized spacial score (nSPS) is 16.5. The third kappa shape index (κ3) is 5.46. The third-order valence-corrected chi connectivity index (χ3v) is 7.34. The summed E-state index contributed by atoms with van der Waals surface area (Å²) < 4.78 is 38.9. The molecule has 9 heteroatoms. The zero-order valence-electron chi connectivity index (χ0n) is 18.7. The number of amides is 1. The fraction of sp³-hybridized carbons (Fsp3) is 0.545. The Kier molecular flexibility index (Phi) is 7.06. The number of likely N-dealkylation sites (tertiary alicyclic amines) is 1. The van der Waals surface area contributed by atoms with Gasteiger partial charge in [-0.3, -0.25) is 4.79 Å². The van der Waals surface area contributed by atoms with Crippen LogP contribution in [0.15, 0.2) is 33.7 Å². The van der Waals surface area contributed by atoms with Gasteiger partial charge in [0, 0.05) is 19.1 Å². The van der Waals surface area contributed by atoms with Crippen molar-refractivity contribution in [3.8, 4) is 5.75 Å². The van der Waals surface area contributed by atoms with Crippen LogP contribution in [0.5, 0.6) is 5.75 Å². The molecule has 31 heavy (non-hydrogen) atoms. The third-order valence-electron chi connectivity index (χ3n) is 5.57. The van der Waals surface area contributed by atoms with Gasteiger partial charge in [-0.05, 0) is 57.2 Å². The molecule has 3 rings (SSSR count). The summed E-state index contributed by atoms with van der Waals surface area (Å²) >= 11 is 0. The van der Waals surface area contributed by atoms with E-state index in [0.29, 0.717) is 43.3 Å². The summed E-state index contributed by atoms with van der Waals surface area (Å²) in [5, 5.41) is 3.72. The summed E-state index contributed by atoms with van der Waals surface area (Å²) in [5.74, 6) is 1.27. The fourth-order valence-corrected chi connectivity index (χ4v) is 5.43. The first-order valence-corrected chi connectivity index (χ1v) is 12.1. The van der Waals surface area contributed by atoms with Crippen LogP contribution in [0.3, 0.4) is 0 Å². The number of hydrogen-bond donors (Lipinski definition) is 1. The standard InChI is InChI=1S/C22H31N3O5S/c1-14(2)18-6-8-20(9-7-18)29-17(5)22(26)25-12-10-19(11-13-25)24-31(27,28)21-15(3)23-30-16(21)4/h6-9,14,17,19,24H,10-13H2,1-5H3. The van der Waals surface area contributed by atoms with Gasteiger partial charge in [-0.2, -0.15) is 0 Å². The quantitative estimate of drug-likeness (QED) is 0.697. The Balaban J connectivity index is 1.53. The first-order valence-electron chi connectivity index (χ1n) is 10.6. The number of rotatable bonds is 7. The SMILES string of the molecule is Cc1noc(C)c1S(=O)(=O)NC1CCN(C(=O)C(C)Oc2ccc(C(C)C)cc2)CC1. The summed E-state index contributed by atoms with van der Waals surface area (Å²) in [6.07, 6.45) is 0.453. The van der Waals surface area contributed by atoms with Crippen molar-refractivity contribution >= 4 is 15.9 Å². The Morgan fingerprint density at radius 3 is 2.29 bits per heavy atom. The van der Waals surface area contributed by atoms with Gasteiger partial charge < -0.3 is 14.2 Å². The highest BCUT2D eigenvalue weighted by atomic mass is 32.2. The van der Waals surface area contributed by atoms with E-state index in [4.69, 9.17) is 9.26 Å². The molecule has 1 amide bonds. The molecule has 2 aromatic rings. The maximum atomic E-state index is 12.8. The monoisotopic (exact) mass is 449 g/mol. The molecule has 1 aromatic heterocycles. The first kappa shape index (κ1) is 23.3. The molecule has 1 N–H and O–H groups in total. The molecule has 0 saturated carbocycles. The van der Waals surface area contributed by atoms with Gasteiger partial charge in [0.1, 0.15) is 16.3 Å². The second-order valence-electron chi connectivity index (χ2n) is 8.36. The molecule has 1 aliphatic rings. The molecule has 0 bridgehead atoms. The van der Waals surface area contributed by atoms with E-state index in [-0.39, 0.29) is 22.6 Å². The lowest BCUT2D eigenvalue weighted by Crippen LogP contribution is -2.49. The lowest BCUT2D eigenvalue weighted by Gasteiger charge is -2.33. The summed E-state index contributed by atoms with van der Waals surface area (Å²) in [5.41, 5.74) is 1.55. The molecule has 0 spiro atoms. The van der Waals surface area contributed by atoms with Crippen LogP contribution in [-0.4, -0.2) is 49.6 Å². The number of benzene rings is 1. The minimum Gasteiger partial charge on any atom is -0.481 e. The van der Waals surface area contributed by atoms with Crippen molar-refractivity contribution in [1.29, 1.82) is 0 Å². The molecule has 1 aliphatic heterocycles. The molecule has 0 aliphatic carbocycles. The largest absolute Gasteiger partial charge is 0.481 e. The van der Waals surface area contributed by atoms with Crippen LogP contribution in [0.1, 0.15) is 56.5 Å². The summed E-state index contributed by atoms with van der Waals surface area (Å²) in [6.45, 7) is 10.1. The highest BCUT2D eigenvalue weighted by molar-refractivity contribution is 7.89. The molecule has 170 valence electrons. The van der Waals surface area contributed by atoms with Crippen molar-refractivity contribution in [2.24, 2.45) is 0 Å². The number of nitrogens with one attached hydrogen (secondary N) is 1. The Bertz CT molecular complexity index is 987. The summed E-state index contributed by atoms with van der Waals surface area (Å²) in [4.78, 5) is 14.6. The minimum absolute atomic E-state index is 0.0940. The van der Waals surface area contributed by atoms with Gasteiger partial charge in [0.15, 0.2) is 11.9 Å². The smallest absolute Gasteiger partial charge is 0.263 e. The minimum atomic E-state index is -3.72. The molecular weight excluding hydrogens is 418 g/mol. The van der Waals surface area contributed by atoms with Crippen molar-refractivity contribution in [2.45, 2.75) is 70.4 Å². The molecule has 2 heterocycles. The van der Waals surface area contributed by atoms with Crippen LogP contribution in [0.2, 0.25) is 0 Å². The van der Waals surface area contributed by atoms with Gasteiger partial charge in [-0.1, -0.05) is 31.1 Å². The molecule has 0 radical (unpaired) electrons. The number of piperidine rings is 1. The van der Waals surface area contributed by atoms with Gasteiger partial charge in [-0.15, -0.1) is 0 Å². The van der Waals surface area contributed by atoms with Crippen molar-refractivity contribution < 1.29 is 22.5 Å². The number of ether oxygens (including phenoxy) is 1. The number of carbonyl (C=O) groups excluding carboxylic acids is 1. The first-order chi connectivity index (χ1) is 14.6. The van der Waals surface area contributed by atoms with Crippen molar-refractivity contribution in [2.75, 3.05) is 13.1 Å². The van der Waals surface area contributed by atoms with Crippen LogP contribution in [0, 0.1) is 13.8 Å². The molecule has 8 nitrogen and oxygen atoms in total. The molecular formula is C22H31N3O5S. The maximum absolute atomic E-state index is 12.8. The Hall–Kier alpha value is -2.39. The summed E-state index contributed by atoms with van der Waals surface area (Å²) in [7, 11) is -3.72. The lowest BCUT2D eigenvalue weighted by atomic mass is 10.0. The number of aryl methyl sites for hydroxylation is 2. The predicted octanol–water partition coefficient (Wildman–Crippen LogP) is 3.15. The van der Waals surface area contributed by atoms with Gasteiger partial charge in [0.2, 0.25) is 10.0 Å². The fourth-order valence-electron chi connectivity index (χ4n) is 3.80. The highest BCUT2D eigenvalue weighted by Gasteiger charge is 2.31. The average Bonchev–Trinajstić information content (AvgIpc) is 3.07. The van der Waals surface area contributed by atoms with E-state index in [1.54, 1.807) is 25.7 Å². The Morgan fingerprint density at radius 1 is 1.16 bits per heavy atom. The number of hydrogen-bond acceptors (Lipinski definition) is 6. The van der Waals surface area contributed by atoms with E-state index in [2.05, 4.69) is 23.7 Å². The maximum Gasteiger partial charge on any atom is 0.263 e. The van der Waals surface area contributed by atoms with Gasteiger partial charge in [-0.25, -0.2) is 13.1 Å². The van der Waals surface area contributed by atoms with Crippen LogP contribution in [0.4, 0.5) is 0 Å². The Labute approximate surface area is 184 Å². The number of sulfonamides is 1. The van der Waals surface area contributed by atoms with Crippen LogP contribution in [-0.2, 0) is 14.8 Å². The van der Waals surface area contributed by atoms with Crippen molar-refractivity contribution in [1.82, 2.24) is 14.8 Å². The van der Waals surface area contributed by atoms with E-state index in [0.717, 1.165) is 0 Å². The van der Waals surface area contributed by atoms with E-state index in [1.165, 1.54) is 5.56 Å². The topological polar surface area (TPSA) is 102 Å². The predicted molar refractivity (Wildman–Crippen MR) is 117 cm³/mol. The highest BCUT2D eigenvalue weighted by Crippen LogP contribution is 2.22. The summed E-state index contributed by atoms with van der Waals surface area (Å²) in [6, 6.07) is 7.54. The van der Waals surface area contributed by atoms with Crippen molar-refractivity contribution in [3.05, 3.63) is 41.3 Å². The second-order valence-corrected chi connectivity index (χ2v) is 10.0. The van der Waals surface area contributed by atoms with E-state index in [1.807, 2.05) is 24.3 Å². The molecule has 1 saturated heterocycles. The van der Waals surface area contributed by atoms with E-state index < -0.39 is 16.1 Å². The van der Waals surface area contributed by atoms with E-state index >= 15 is 0 Å². The molecule has 1 aromatic carbocycles. The van der Waals surface area contributed by atoms with Gasteiger partial charge >= 0.3 is 0 Å². The molecule has 1 unspecified atom stereocenters. The van der Waals surface area contributed by atoms with Crippen molar-refractivity contribution in [3.63, 3.8) is 0 Å². The Morgan fingerprint density at radius 2 is 1.77 bits per heavy atom. The molecule has 1 fully saturated rings. The van der Waals surface area contributed by atoms with Crippen LogP contribution >= 0.6 is 0 Å². The zero-order chi connectivity index (χ0) is 22.8. The zero-order valence-corrected chi connectivity index (χ0v) is 19.5. The van der Waals surface area contributed by atoms with Crippen LogP contribution < -0.4 is 9.46 Å². The van der Waals surface area contributed by atoms with Gasteiger partial charge in [0.05, 0.1) is 0 Å². The number of nitrogens with zero attached hydrogens (tertiary/aromatic N) is 2. The van der Waals surface area contributed by atoms with Gasteiger partial charge in [0.25, 0.3) is 5.91 Å². The molecule has 1 atom stereocenters. The van der Waals surface area contributed by atoms with Crippen LogP contribution in [0.25, 0.3) is 0 Å². The lowest BCUT2D eigenvalue weighted by molar-refractivity contribution is -0.139. The number of carbonyl (C=O) groups is 1. The van der Waals surface area contributed by atoms with E-state index in [9.17, 15) is 13.2 Å². The average molecular weight is 450 g/mol. The second kappa shape index (κ2) is 9.40.